The number of carboxylic acid groups (broad SMARTS) is 1. The lowest BCUT2D eigenvalue weighted by Gasteiger charge is -2.25. The molecule has 0 spiro atoms. The van der Waals surface area contributed by atoms with Gasteiger partial charge in [0.15, 0.2) is 0 Å². The van der Waals surface area contributed by atoms with Gasteiger partial charge in [0.05, 0.1) is 24.7 Å². The number of hydrogen-bond acceptors (Lipinski definition) is 4. The molecular weight excluding hydrogens is 272 g/mol. The maximum Gasteiger partial charge on any atom is 0.317 e. The molecule has 21 heavy (non-hydrogen) atoms. The first-order chi connectivity index (χ1) is 10.1. The van der Waals surface area contributed by atoms with E-state index in [0.29, 0.717) is 5.69 Å². The second kappa shape index (κ2) is 5.29. The predicted molar refractivity (Wildman–Crippen MR) is 74.7 cm³/mol. The summed E-state index contributed by atoms with van der Waals surface area (Å²) in [7, 11) is 0. The van der Waals surface area contributed by atoms with Gasteiger partial charge in [-0.2, -0.15) is 0 Å². The zero-order valence-electron chi connectivity index (χ0n) is 11.4. The predicted octanol–water partition coefficient (Wildman–Crippen LogP) is 0.867. The Hall–Kier alpha value is -2.21. The number of anilines is 1. The Morgan fingerprint density at radius 2 is 1.90 bits per heavy atom. The van der Waals surface area contributed by atoms with Crippen molar-refractivity contribution in [1.29, 1.82) is 0 Å². The summed E-state index contributed by atoms with van der Waals surface area (Å²) in [4.78, 5) is 38.5. The van der Waals surface area contributed by atoms with E-state index >= 15 is 0 Å². The van der Waals surface area contributed by atoms with Crippen molar-refractivity contribution in [3.8, 4) is 0 Å². The second-order valence-corrected chi connectivity index (χ2v) is 5.42. The molecular formula is C15H16N2O4. The van der Waals surface area contributed by atoms with Crippen molar-refractivity contribution in [2.75, 3.05) is 11.4 Å². The van der Waals surface area contributed by atoms with E-state index in [4.69, 9.17) is 5.11 Å². The van der Waals surface area contributed by atoms with Crippen molar-refractivity contribution in [3.05, 3.63) is 30.3 Å². The van der Waals surface area contributed by atoms with Gasteiger partial charge in [-0.25, -0.2) is 4.90 Å². The van der Waals surface area contributed by atoms with Crippen LogP contribution in [-0.4, -0.2) is 46.4 Å². The first kappa shape index (κ1) is 13.8. The number of imide groups is 1. The molecule has 2 amide bonds. The Bertz CT molecular complexity index is 583. The van der Waals surface area contributed by atoms with E-state index in [9.17, 15) is 14.4 Å². The van der Waals surface area contributed by atoms with E-state index in [2.05, 4.69) is 0 Å². The van der Waals surface area contributed by atoms with E-state index in [1.165, 1.54) is 4.90 Å². The Morgan fingerprint density at radius 3 is 2.48 bits per heavy atom. The average molecular weight is 288 g/mol. The maximum atomic E-state index is 12.5. The zero-order valence-corrected chi connectivity index (χ0v) is 11.4. The molecule has 2 aliphatic rings. The monoisotopic (exact) mass is 288 g/mol. The molecule has 1 saturated heterocycles. The fourth-order valence-electron chi connectivity index (χ4n) is 2.78. The van der Waals surface area contributed by atoms with Crippen molar-refractivity contribution >= 4 is 23.5 Å². The van der Waals surface area contributed by atoms with Crippen molar-refractivity contribution in [1.82, 2.24) is 4.90 Å². The van der Waals surface area contributed by atoms with Gasteiger partial charge in [-0.3, -0.25) is 19.3 Å². The first-order valence-electron chi connectivity index (χ1n) is 6.97. The van der Waals surface area contributed by atoms with Gasteiger partial charge in [0.25, 0.3) is 5.91 Å². The quantitative estimate of drug-likeness (QED) is 0.813. The minimum atomic E-state index is -0.972. The highest BCUT2D eigenvalue weighted by molar-refractivity contribution is 6.22. The van der Waals surface area contributed by atoms with Gasteiger partial charge in [0.1, 0.15) is 0 Å². The number of carboxylic acids is 1. The highest BCUT2D eigenvalue weighted by Crippen LogP contribution is 2.33. The highest BCUT2D eigenvalue weighted by Gasteiger charge is 2.47. The fourth-order valence-corrected chi connectivity index (χ4v) is 2.78. The Labute approximate surface area is 122 Å². The van der Waals surface area contributed by atoms with Crippen LogP contribution in [0.1, 0.15) is 19.3 Å². The van der Waals surface area contributed by atoms with Crippen LogP contribution in [0.3, 0.4) is 0 Å². The second-order valence-electron chi connectivity index (χ2n) is 5.42. The van der Waals surface area contributed by atoms with Gasteiger partial charge in [-0.05, 0) is 25.0 Å². The minimum Gasteiger partial charge on any atom is -0.480 e. The molecule has 1 aliphatic heterocycles. The molecule has 1 aromatic rings. The highest BCUT2D eigenvalue weighted by atomic mass is 16.4. The largest absolute Gasteiger partial charge is 0.480 e. The van der Waals surface area contributed by atoms with Gasteiger partial charge in [0.2, 0.25) is 5.91 Å². The number of hydrogen-bond donors (Lipinski definition) is 1. The summed E-state index contributed by atoms with van der Waals surface area (Å²) in [6.07, 6.45) is 1.82. The zero-order chi connectivity index (χ0) is 15.0. The van der Waals surface area contributed by atoms with Crippen molar-refractivity contribution in [2.45, 2.75) is 31.3 Å². The summed E-state index contributed by atoms with van der Waals surface area (Å²) in [5.74, 6) is -1.56. The number of para-hydroxylation sites is 1. The third kappa shape index (κ3) is 2.67. The maximum absolute atomic E-state index is 12.5. The van der Waals surface area contributed by atoms with E-state index < -0.39 is 12.0 Å². The van der Waals surface area contributed by atoms with Crippen LogP contribution in [0.4, 0.5) is 5.69 Å². The molecule has 2 fully saturated rings. The van der Waals surface area contributed by atoms with E-state index in [1.54, 1.807) is 29.2 Å². The first-order valence-corrected chi connectivity index (χ1v) is 6.97. The van der Waals surface area contributed by atoms with Crippen molar-refractivity contribution < 1.29 is 19.5 Å². The van der Waals surface area contributed by atoms with Crippen LogP contribution in [-0.2, 0) is 14.4 Å². The van der Waals surface area contributed by atoms with Gasteiger partial charge in [-0.1, -0.05) is 18.2 Å². The molecule has 110 valence electrons. The molecule has 1 aliphatic carbocycles. The van der Waals surface area contributed by atoms with Crippen LogP contribution in [0.15, 0.2) is 30.3 Å². The molecule has 0 bridgehead atoms. The summed E-state index contributed by atoms with van der Waals surface area (Å²) >= 11 is 0. The van der Waals surface area contributed by atoms with Crippen LogP contribution in [0.2, 0.25) is 0 Å². The van der Waals surface area contributed by atoms with E-state index in [0.717, 1.165) is 12.8 Å². The molecule has 6 heteroatoms. The summed E-state index contributed by atoms with van der Waals surface area (Å²) < 4.78 is 0. The number of rotatable bonds is 5. The number of amides is 2. The summed E-state index contributed by atoms with van der Waals surface area (Å²) in [5, 5.41) is 9.00. The fraction of sp³-hybridized carbons (Fsp3) is 0.400. The average Bonchev–Trinajstić information content (AvgIpc) is 3.24. The Morgan fingerprint density at radius 1 is 1.24 bits per heavy atom. The number of nitrogens with zero attached hydrogens (tertiary/aromatic N) is 2. The van der Waals surface area contributed by atoms with E-state index in [-0.39, 0.29) is 30.8 Å². The smallest absolute Gasteiger partial charge is 0.317 e. The van der Waals surface area contributed by atoms with Crippen LogP contribution >= 0.6 is 0 Å². The van der Waals surface area contributed by atoms with Crippen LogP contribution in [0, 0.1) is 0 Å². The molecule has 1 atom stereocenters. The summed E-state index contributed by atoms with van der Waals surface area (Å²) in [5.41, 5.74) is 0.543. The van der Waals surface area contributed by atoms with Crippen molar-refractivity contribution in [2.24, 2.45) is 0 Å². The summed E-state index contributed by atoms with van der Waals surface area (Å²) in [6, 6.07) is 8.21. The van der Waals surface area contributed by atoms with Crippen LogP contribution in [0.25, 0.3) is 0 Å². The number of carbonyl (C=O) groups is 3. The number of benzene rings is 1. The van der Waals surface area contributed by atoms with Crippen LogP contribution in [0.5, 0.6) is 0 Å². The molecule has 1 unspecified atom stereocenters. The molecule has 1 heterocycles. The third-order valence-electron chi connectivity index (χ3n) is 3.87. The summed E-state index contributed by atoms with van der Waals surface area (Å²) in [6.45, 7) is -0.197. The minimum absolute atomic E-state index is 0.0531. The lowest BCUT2D eigenvalue weighted by molar-refractivity contribution is -0.139. The van der Waals surface area contributed by atoms with E-state index in [1.807, 2.05) is 6.07 Å². The van der Waals surface area contributed by atoms with Crippen molar-refractivity contribution in [3.63, 3.8) is 0 Å². The molecule has 0 aromatic heterocycles. The Balaban J connectivity index is 1.84. The Kier molecular flexibility index (Phi) is 3.47. The van der Waals surface area contributed by atoms with Crippen LogP contribution < -0.4 is 4.90 Å². The van der Waals surface area contributed by atoms with Gasteiger partial charge >= 0.3 is 5.97 Å². The molecule has 6 nitrogen and oxygen atoms in total. The van der Waals surface area contributed by atoms with Gasteiger partial charge in [-0.15, -0.1) is 0 Å². The third-order valence-corrected chi connectivity index (χ3v) is 3.87. The molecule has 1 aromatic carbocycles. The standard InChI is InChI=1S/C15H16N2O4/c18-13-8-12(16(9-14(19)20)10-6-7-10)15(21)17(13)11-4-2-1-3-5-11/h1-5,10,12H,6-9H2,(H,19,20). The molecule has 1 N–H and O–H groups in total. The molecule has 1 saturated carbocycles. The SMILES string of the molecule is O=C(O)CN(C1CC1)C1CC(=O)N(c2ccccc2)C1=O. The lowest BCUT2D eigenvalue weighted by atomic mass is 10.2. The van der Waals surface area contributed by atoms with Gasteiger partial charge in [0, 0.05) is 6.04 Å². The topological polar surface area (TPSA) is 77.9 Å². The molecule has 3 rings (SSSR count). The molecule has 0 radical (unpaired) electrons. The number of carbonyl (C=O) groups excluding carboxylic acids is 2. The number of aliphatic carboxylic acids is 1. The normalized spacial score (nSPS) is 22.1. The van der Waals surface area contributed by atoms with Gasteiger partial charge < -0.3 is 5.11 Å². The lowest BCUT2D eigenvalue weighted by Crippen LogP contribution is -2.45.